The van der Waals surface area contributed by atoms with Crippen LogP contribution >= 0.6 is 0 Å². The molecule has 0 aromatic rings. The monoisotopic (exact) mass is 561 g/mol. The largest absolute Gasteiger partial charge is 1.00 e. The third kappa shape index (κ3) is 4.58. The second kappa shape index (κ2) is 9.75. The van der Waals surface area contributed by atoms with Gasteiger partial charge in [-0.05, 0) is 122 Å². The Morgan fingerprint density at radius 1 is 0.821 bits per heavy atom. The zero-order valence-corrected chi connectivity index (χ0v) is 27.8. The van der Waals surface area contributed by atoms with Crippen LogP contribution in [0.1, 0.15) is 113 Å². The van der Waals surface area contributed by atoms with Gasteiger partial charge >= 0.3 is 5.97 Å². The highest BCUT2D eigenvalue weighted by atomic mass is 35.5. The van der Waals surface area contributed by atoms with E-state index in [4.69, 9.17) is 4.74 Å². The molecule has 10 atom stereocenters. The van der Waals surface area contributed by atoms with E-state index in [9.17, 15) is 4.79 Å². The summed E-state index contributed by atoms with van der Waals surface area (Å²) in [5.41, 5.74) is 3.14. The molecule has 5 aliphatic carbocycles. The molecule has 0 saturated heterocycles. The van der Waals surface area contributed by atoms with Crippen LogP contribution in [0.4, 0.5) is 0 Å². The van der Waals surface area contributed by atoms with Crippen LogP contribution in [-0.4, -0.2) is 44.2 Å². The Hall–Kier alpha value is -0.540. The van der Waals surface area contributed by atoms with Gasteiger partial charge in [-0.25, -0.2) is 4.79 Å². The highest BCUT2D eigenvalue weighted by Gasteiger charge is 2.70. The predicted molar refractivity (Wildman–Crippen MR) is 157 cm³/mol. The van der Waals surface area contributed by atoms with Gasteiger partial charge in [-0.3, -0.25) is 0 Å². The zero-order valence-electron chi connectivity index (χ0n) is 27.1. The Balaban J connectivity index is 0.00000353. The number of rotatable bonds is 4. The van der Waals surface area contributed by atoms with E-state index in [-0.39, 0.29) is 29.9 Å². The van der Waals surface area contributed by atoms with Crippen LogP contribution < -0.4 is 12.4 Å². The number of allylic oxidation sites excluding steroid dienone is 1. The van der Waals surface area contributed by atoms with Gasteiger partial charge < -0.3 is 21.6 Å². The predicted octanol–water partition coefficient (Wildman–Crippen LogP) is 5.29. The minimum absolute atomic E-state index is 0. The molecule has 0 N–H and O–H groups in total. The second-order valence-electron chi connectivity index (χ2n) is 17.6. The molecule has 5 saturated carbocycles. The number of carbonyl (C=O) groups excluding carboxylic acids is 1. The van der Waals surface area contributed by atoms with E-state index in [1.807, 2.05) is 0 Å². The van der Waals surface area contributed by atoms with Crippen LogP contribution in [0.5, 0.6) is 0 Å². The van der Waals surface area contributed by atoms with E-state index in [1.165, 1.54) is 63.4 Å². The molecule has 5 fully saturated rings. The summed E-state index contributed by atoms with van der Waals surface area (Å²) in [5.74, 6) is 3.76. The molecule has 224 valence electrons. The number of likely N-dealkylation sites (N-methyl/N-ethyl adjacent to an activating group) is 1. The van der Waals surface area contributed by atoms with Gasteiger partial charge in [-0.2, -0.15) is 0 Å². The molecule has 4 heteroatoms. The van der Waals surface area contributed by atoms with Crippen LogP contribution in [-0.2, 0) is 9.53 Å². The van der Waals surface area contributed by atoms with Gasteiger partial charge in [0.1, 0.15) is 6.10 Å². The Bertz CT molecular complexity index is 984. The van der Waals surface area contributed by atoms with Gasteiger partial charge in [-0.1, -0.05) is 53.7 Å². The van der Waals surface area contributed by atoms with Crippen molar-refractivity contribution in [1.82, 2.24) is 0 Å². The normalized spacial score (nSPS) is 48.5. The van der Waals surface area contributed by atoms with E-state index in [2.05, 4.69) is 76.2 Å². The van der Waals surface area contributed by atoms with Crippen molar-refractivity contribution in [2.24, 2.45) is 56.7 Å². The first-order chi connectivity index (χ1) is 17.4. The van der Waals surface area contributed by atoms with Crippen molar-refractivity contribution >= 4 is 5.97 Å². The molecule has 5 rings (SSSR count). The van der Waals surface area contributed by atoms with E-state index >= 15 is 0 Å². The molecule has 0 heterocycles. The van der Waals surface area contributed by atoms with Gasteiger partial charge in [-0.15, -0.1) is 0 Å². The number of halogens is 1. The third-order valence-corrected chi connectivity index (χ3v) is 14.3. The summed E-state index contributed by atoms with van der Waals surface area (Å²) in [6, 6.07) is 0. The Kier molecular flexibility index (Phi) is 7.85. The maximum atomic E-state index is 12.9. The highest BCUT2D eigenvalue weighted by Crippen LogP contribution is 2.77. The van der Waals surface area contributed by atoms with Gasteiger partial charge in [0.2, 0.25) is 0 Å². The number of quaternary nitrogens is 1. The zero-order chi connectivity index (χ0) is 28.1. The van der Waals surface area contributed by atoms with Crippen LogP contribution in [0.2, 0.25) is 0 Å². The van der Waals surface area contributed by atoms with Gasteiger partial charge in [0.05, 0.1) is 21.1 Å². The number of esters is 1. The molecule has 0 aliphatic heterocycles. The van der Waals surface area contributed by atoms with Crippen molar-refractivity contribution in [2.45, 2.75) is 119 Å². The summed E-state index contributed by atoms with van der Waals surface area (Å²) in [4.78, 5) is 12.9. The van der Waals surface area contributed by atoms with E-state index in [1.54, 1.807) is 0 Å². The summed E-state index contributed by atoms with van der Waals surface area (Å²) in [6.07, 6.45) is 13.3. The SMILES string of the molecule is C=C(C)[C@@H]1CC[C@]2(C)CC[C@]3(C)C(CCC4[C@@]5(C)CC[C@H](OC(=O)C[N+](C)(C)C)C(C)(C)C5CC[C@]43C)C12.[Cl-]. The number of carbonyl (C=O) groups is 1. The van der Waals surface area contributed by atoms with Gasteiger partial charge in [0, 0.05) is 5.41 Å². The first-order valence-corrected chi connectivity index (χ1v) is 16.0. The van der Waals surface area contributed by atoms with Crippen LogP contribution in [0.3, 0.4) is 0 Å². The molecular formula is C35H60ClNO2. The fourth-order valence-corrected chi connectivity index (χ4v) is 12.3. The lowest BCUT2D eigenvalue weighted by atomic mass is 9.32. The first-order valence-electron chi connectivity index (χ1n) is 16.0. The number of hydrogen-bond acceptors (Lipinski definition) is 2. The molecule has 0 aromatic carbocycles. The average molecular weight is 562 g/mol. The Labute approximate surface area is 247 Å². The number of ether oxygens (including phenoxy) is 1. The molecule has 0 bridgehead atoms. The second-order valence-corrected chi connectivity index (χ2v) is 17.6. The lowest BCUT2D eigenvalue weighted by molar-refractivity contribution is -0.862. The summed E-state index contributed by atoms with van der Waals surface area (Å²) in [6.45, 7) is 22.9. The molecule has 39 heavy (non-hydrogen) atoms. The quantitative estimate of drug-likeness (QED) is 0.265. The van der Waals surface area contributed by atoms with E-state index in [0.717, 1.165) is 30.1 Å². The molecule has 0 spiro atoms. The third-order valence-electron chi connectivity index (χ3n) is 14.3. The standard InChI is InChI=1S/C35H60NO2.ClH/c1-23(2)24-14-17-32(5)20-21-34(7)25(30(24)32)12-13-27-33(6)18-16-28(38-29(37)22-36(9,10)11)31(3,4)26(33)15-19-35(27,34)8;/h24-28,30H,1,12-22H2,2-11H3;1H/q+1;/p-1/t24-,25?,26?,27?,28-,30?,32+,33-,34+,35+;/m0./s1. The Morgan fingerprint density at radius 3 is 2.10 bits per heavy atom. The lowest BCUT2D eigenvalue weighted by Crippen LogP contribution is -3.00. The highest BCUT2D eigenvalue weighted by molar-refractivity contribution is 5.70. The fraction of sp³-hybridized carbons (Fsp3) is 0.914. The molecular weight excluding hydrogens is 502 g/mol. The number of fused-ring (bicyclic) bond motifs is 7. The van der Waals surface area contributed by atoms with E-state index in [0.29, 0.717) is 38.6 Å². The summed E-state index contributed by atoms with van der Waals surface area (Å²) in [5, 5.41) is 0. The van der Waals surface area contributed by atoms with Crippen molar-refractivity contribution < 1.29 is 26.4 Å². The Morgan fingerprint density at radius 2 is 1.49 bits per heavy atom. The van der Waals surface area contributed by atoms with Crippen molar-refractivity contribution in [3.8, 4) is 0 Å². The fourth-order valence-electron chi connectivity index (χ4n) is 12.3. The van der Waals surface area contributed by atoms with Crippen LogP contribution in [0, 0.1) is 56.7 Å². The van der Waals surface area contributed by atoms with Crippen molar-refractivity contribution in [3.63, 3.8) is 0 Å². The van der Waals surface area contributed by atoms with Crippen LogP contribution in [0.25, 0.3) is 0 Å². The van der Waals surface area contributed by atoms with Crippen molar-refractivity contribution in [2.75, 3.05) is 27.7 Å². The summed E-state index contributed by atoms with van der Waals surface area (Å²) < 4.78 is 6.90. The smallest absolute Gasteiger partial charge is 0.362 e. The minimum Gasteiger partial charge on any atom is -1.00 e. The number of hydrogen-bond donors (Lipinski definition) is 0. The van der Waals surface area contributed by atoms with Gasteiger partial charge in [0.15, 0.2) is 6.54 Å². The molecule has 0 amide bonds. The molecule has 4 unspecified atom stereocenters. The van der Waals surface area contributed by atoms with Gasteiger partial charge in [0.25, 0.3) is 0 Å². The first kappa shape index (κ1) is 31.4. The molecule has 3 nitrogen and oxygen atoms in total. The molecule has 0 radical (unpaired) electrons. The molecule has 0 aromatic heterocycles. The van der Waals surface area contributed by atoms with E-state index < -0.39 is 0 Å². The summed E-state index contributed by atoms with van der Waals surface area (Å²) in [7, 11) is 6.21. The molecule has 5 aliphatic rings. The van der Waals surface area contributed by atoms with Crippen molar-refractivity contribution in [3.05, 3.63) is 12.2 Å². The lowest BCUT2D eigenvalue weighted by Gasteiger charge is -2.73. The maximum Gasteiger partial charge on any atom is 0.362 e. The maximum absolute atomic E-state index is 12.9. The topological polar surface area (TPSA) is 26.3 Å². The minimum atomic E-state index is -0.0262. The number of nitrogens with zero attached hydrogens (tertiary/aromatic N) is 1. The van der Waals surface area contributed by atoms with Crippen molar-refractivity contribution in [1.29, 1.82) is 0 Å². The summed E-state index contributed by atoms with van der Waals surface area (Å²) >= 11 is 0. The van der Waals surface area contributed by atoms with Crippen LogP contribution in [0.15, 0.2) is 12.2 Å². The average Bonchev–Trinajstić information content (AvgIpc) is 3.13.